The van der Waals surface area contributed by atoms with Gasteiger partial charge in [0.25, 0.3) is 0 Å². The molecule has 6 nitrogen and oxygen atoms in total. The van der Waals surface area contributed by atoms with Gasteiger partial charge in [-0.25, -0.2) is 12.7 Å². The molecule has 0 spiro atoms. The molecule has 1 amide bonds. The van der Waals surface area contributed by atoms with Gasteiger partial charge in [-0.1, -0.05) is 6.92 Å². The van der Waals surface area contributed by atoms with Gasteiger partial charge in [0.15, 0.2) is 0 Å². The molecule has 7 heteroatoms. The summed E-state index contributed by atoms with van der Waals surface area (Å²) in [5.41, 5.74) is -0.389. The first-order valence-corrected chi connectivity index (χ1v) is 8.94. The van der Waals surface area contributed by atoms with Gasteiger partial charge in [-0.05, 0) is 32.6 Å². The first-order valence-electron chi connectivity index (χ1n) is 7.10. The van der Waals surface area contributed by atoms with Crippen LogP contribution >= 0.6 is 0 Å². The van der Waals surface area contributed by atoms with Crippen molar-refractivity contribution in [3.05, 3.63) is 0 Å². The molecular formula is C13H26N2O4S. The van der Waals surface area contributed by atoms with E-state index in [9.17, 15) is 13.2 Å². The summed E-state index contributed by atoms with van der Waals surface area (Å²) < 4.78 is 24.3. The van der Waals surface area contributed by atoms with Crippen LogP contribution in [0.2, 0.25) is 0 Å². The zero-order chi connectivity index (χ0) is 15.4. The molecule has 0 aliphatic carbocycles. The van der Waals surface area contributed by atoms with Crippen LogP contribution in [0.3, 0.4) is 0 Å². The van der Waals surface area contributed by atoms with Gasteiger partial charge < -0.3 is 10.4 Å². The number of hydrogen-bond donors (Lipinski definition) is 2. The van der Waals surface area contributed by atoms with E-state index in [0.717, 1.165) is 6.42 Å². The van der Waals surface area contributed by atoms with Crippen LogP contribution in [0.4, 0.5) is 0 Å². The number of carbonyl (C=O) groups excluding carboxylic acids is 1. The molecule has 0 bridgehead atoms. The van der Waals surface area contributed by atoms with Gasteiger partial charge in [0.2, 0.25) is 15.9 Å². The number of piperidine rings is 1. The SMILES string of the molecule is CCC(C)(CCO)NC(=O)C1CCN(S(C)(=O)=O)CC1. The van der Waals surface area contributed by atoms with Crippen LogP contribution in [0.5, 0.6) is 0 Å². The Kier molecular flexibility index (Phi) is 5.97. The lowest BCUT2D eigenvalue weighted by Crippen LogP contribution is -2.50. The second kappa shape index (κ2) is 6.87. The highest BCUT2D eigenvalue weighted by Gasteiger charge is 2.32. The van der Waals surface area contributed by atoms with Crippen LogP contribution < -0.4 is 5.32 Å². The summed E-state index contributed by atoms with van der Waals surface area (Å²) in [6.45, 7) is 4.74. The van der Waals surface area contributed by atoms with E-state index in [-0.39, 0.29) is 24.0 Å². The Morgan fingerprint density at radius 2 is 1.95 bits per heavy atom. The third-order valence-corrected chi connectivity index (χ3v) is 5.47. The smallest absolute Gasteiger partial charge is 0.223 e. The molecule has 1 rings (SSSR count). The number of nitrogens with zero attached hydrogens (tertiary/aromatic N) is 1. The summed E-state index contributed by atoms with van der Waals surface area (Å²) in [6.07, 6.45) is 3.58. The Morgan fingerprint density at radius 3 is 2.35 bits per heavy atom. The van der Waals surface area contributed by atoms with Gasteiger partial charge in [-0.3, -0.25) is 4.79 Å². The number of carbonyl (C=O) groups is 1. The second-order valence-electron chi connectivity index (χ2n) is 5.81. The van der Waals surface area contributed by atoms with Gasteiger partial charge in [-0.2, -0.15) is 0 Å². The minimum absolute atomic E-state index is 0.0315. The lowest BCUT2D eigenvalue weighted by Gasteiger charge is -2.34. The summed E-state index contributed by atoms with van der Waals surface area (Å²) in [7, 11) is -3.15. The Morgan fingerprint density at radius 1 is 1.40 bits per heavy atom. The quantitative estimate of drug-likeness (QED) is 0.740. The molecule has 0 saturated carbocycles. The Balaban J connectivity index is 2.55. The van der Waals surface area contributed by atoms with Crippen molar-refractivity contribution in [1.29, 1.82) is 0 Å². The molecule has 0 aromatic carbocycles. The molecule has 118 valence electrons. The van der Waals surface area contributed by atoms with Crippen molar-refractivity contribution >= 4 is 15.9 Å². The monoisotopic (exact) mass is 306 g/mol. The van der Waals surface area contributed by atoms with E-state index < -0.39 is 10.0 Å². The van der Waals surface area contributed by atoms with Crippen molar-refractivity contribution in [2.75, 3.05) is 26.0 Å². The number of nitrogens with one attached hydrogen (secondary N) is 1. The van der Waals surface area contributed by atoms with E-state index >= 15 is 0 Å². The van der Waals surface area contributed by atoms with Gasteiger partial charge in [0, 0.05) is 31.2 Å². The number of rotatable bonds is 6. The zero-order valence-electron chi connectivity index (χ0n) is 12.6. The fourth-order valence-corrected chi connectivity index (χ4v) is 3.30. The highest BCUT2D eigenvalue weighted by atomic mass is 32.2. The van der Waals surface area contributed by atoms with Crippen LogP contribution in [0.15, 0.2) is 0 Å². The molecule has 20 heavy (non-hydrogen) atoms. The van der Waals surface area contributed by atoms with Crippen LogP contribution in [-0.4, -0.2) is 55.2 Å². The van der Waals surface area contributed by atoms with Gasteiger partial charge in [0.05, 0.1) is 6.26 Å². The average molecular weight is 306 g/mol. The number of amides is 1. The molecule has 0 radical (unpaired) electrons. The van der Waals surface area contributed by atoms with Gasteiger partial charge in [0.1, 0.15) is 0 Å². The summed E-state index contributed by atoms with van der Waals surface area (Å²) >= 11 is 0. The average Bonchev–Trinajstić information content (AvgIpc) is 2.38. The van der Waals surface area contributed by atoms with Crippen molar-refractivity contribution in [2.45, 2.75) is 45.1 Å². The Labute approximate surface area is 121 Å². The lowest BCUT2D eigenvalue weighted by molar-refractivity contribution is -0.128. The third-order valence-electron chi connectivity index (χ3n) is 4.16. The standard InChI is InChI=1S/C13H26N2O4S/c1-4-13(2,7-10-16)14-12(17)11-5-8-15(9-6-11)20(3,18)19/h11,16H,4-10H2,1-3H3,(H,14,17). The largest absolute Gasteiger partial charge is 0.396 e. The summed E-state index contributed by atoms with van der Waals surface area (Å²) in [6, 6.07) is 0. The lowest BCUT2D eigenvalue weighted by atomic mass is 9.91. The van der Waals surface area contributed by atoms with Crippen molar-refractivity contribution in [1.82, 2.24) is 9.62 Å². The van der Waals surface area contributed by atoms with Crippen molar-refractivity contribution < 1.29 is 18.3 Å². The van der Waals surface area contributed by atoms with Crippen LogP contribution in [0, 0.1) is 5.92 Å². The van der Waals surface area contributed by atoms with E-state index in [4.69, 9.17) is 5.11 Å². The zero-order valence-corrected chi connectivity index (χ0v) is 13.4. The van der Waals surface area contributed by atoms with Crippen LogP contribution in [-0.2, 0) is 14.8 Å². The number of aliphatic hydroxyl groups is 1. The third kappa shape index (κ3) is 4.71. The minimum Gasteiger partial charge on any atom is -0.396 e. The highest BCUT2D eigenvalue weighted by Crippen LogP contribution is 2.22. The Bertz CT molecular complexity index is 430. The topological polar surface area (TPSA) is 86.7 Å². The molecule has 1 heterocycles. The molecule has 1 unspecified atom stereocenters. The summed E-state index contributed by atoms with van der Waals surface area (Å²) in [4.78, 5) is 12.2. The predicted octanol–water partition coefficient (Wildman–Crippen LogP) is 0.325. The molecule has 1 saturated heterocycles. The molecule has 0 aromatic rings. The summed E-state index contributed by atoms with van der Waals surface area (Å²) in [5.74, 6) is -0.173. The first-order chi connectivity index (χ1) is 9.22. The van der Waals surface area contributed by atoms with Crippen LogP contribution in [0.25, 0.3) is 0 Å². The summed E-state index contributed by atoms with van der Waals surface area (Å²) in [5, 5.41) is 12.1. The second-order valence-corrected chi connectivity index (χ2v) is 7.80. The number of sulfonamides is 1. The molecule has 1 fully saturated rings. The molecule has 2 N–H and O–H groups in total. The van der Waals surface area contributed by atoms with Crippen LogP contribution in [0.1, 0.15) is 39.5 Å². The van der Waals surface area contributed by atoms with Crippen molar-refractivity contribution in [2.24, 2.45) is 5.92 Å². The maximum absolute atomic E-state index is 12.2. The van der Waals surface area contributed by atoms with Gasteiger partial charge in [-0.15, -0.1) is 0 Å². The fourth-order valence-electron chi connectivity index (χ4n) is 2.42. The molecular weight excluding hydrogens is 280 g/mol. The van der Waals surface area contributed by atoms with E-state index in [1.165, 1.54) is 10.6 Å². The molecule has 0 aromatic heterocycles. The van der Waals surface area contributed by atoms with E-state index in [2.05, 4.69) is 5.32 Å². The van der Waals surface area contributed by atoms with E-state index in [1.807, 2.05) is 13.8 Å². The van der Waals surface area contributed by atoms with Gasteiger partial charge >= 0.3 is 0 Å². The van der Waals surface area contributed by atoms with Crippen molar-refractivity contribution in [3.63, 3.8) is 0 Å². The first kappa shape index (κ1) is 17.4. The predicted molar refractivity (Wildman–Crippen MR) is 77.7 cm³/mol. The van der Waals surface area contributed by atoms with Crippen molar-refractivity contribution in [3.8, 4) is 0 Å². The molecule has 1 atom stereocenters. The molecule has 1 aliphatic rings. The normalized spacial score (nSPS) is 21.4. The highest BCUT2D eigenvalue weighted by molar-refractivity contribution is 7.88. The fraction of sp³-hybridized carbons (Fsp3) is 0.923. The maximum Gasteiger partial charge on any atom is 0.223 e. The Hall–Kier alpha value is -0.660. The maximum atomic E-state index is 12.2. The number of aliphatic hydroxyl groups excluding tert-OH is 1. The van der Waals surface area contributed by atoms with E-state index in [0.29, 0.717) is 32.4 Å². The van der Waals surface area contributed by atoms with E-state index in [1.54, 1.807) is 0 Å². The minimum atomic E-state index is -3.15. The number of hydrogen-bond acceptors (Lipinski definition) is 4. The molecule has 1 aliphatic heterocycles.